The van der Waals surface area contributed by atoms with Crippen molar-refractivity contribution in [3.63, 3.8) is 0 Å². The molecule has 4 aromatic rings. The molecule has 0 bridgehead atoms. The molecule has 10 nitrogen and oxygen atoms in total. The molecule has 264 valence electrons. The van der Waals surface area contributed by atoms with Gasteiger partial charge in [0.05, 0.1) is 23.2 Å². The second-order valence-corrected chi connectivity index (χ2v) is 13.3. The van der Waals surface area contributed by atoms with E-state index in [1.54, 1.807) is 36.4 Å². The Bertz CT molecular complexity index is 1670. The lowest BCUT2D eigenvalue weighted by atomic mass is 10.0. The van der Waals surface area contributed by atoms with Crippen LogP contribution in [0.2, 0.25) is 0 Å². The molecular formula is C38H48N2O8S. The lowest BCUT2D eigenvalue weighted by molar-refractivity contribution is 0.0696. The number of phenols is 1. The van der Waals surface area contributed by atoms with E-state index < -0.39 is 22.1 Å². The number of carboxylic acids is 1. The molecule has 0 unspecified atom stereocenters. The van der Waals surface area contributed by atoms with Gasteiger partial charge in [-0.05, 0) is 90.9 Å². The summed E-state index contributed by atoms with van der Waals surface area (Å²) in [5.41, 5.74) is 4.46. The molecule has 0 aromatic heterocycles. The van der Waals surface area contributed by atoms with Crippen LogP contribution >= 0.6 is 0 Å². The minimum Gasteiger partial charge on any atom is -0.508 e. The summed E-state index contributed by atoms with van der Waals surface area (Å²) in [6, 6.07) is 28.2. The van der Waals surface area contributed by atoms with Crippen molar-refractivity contribution in [3.05, 3.63) is 119 Å². The van der Waals surface area contributed by atoms with E-state index in [9.17, 15) is 28.5 Å². The average Bonchev–Trinajstić information content (AvgIpc) is 3.11. The maximum Gasteiger partial charge on any atom is 0.335 e. The van der Waals surface area contributed by atoms with E-state index in [2.05, 4.69) is 5.32 Å². The van der Waals surface area contributed by atoms with Crippen molar-refractivity contribution in [2.75, 3.05) is 26.3 Å². The summed E-state index contributed by atoms with van der Waals surface area (Å²) in [5, 5.41) is 46.2. The van der Waals surface area contributed by atoms with Crippen LogP contribution in [-0.4, -0.2) is 61.1 Å². The van der Waals surface area contributed by atoms with Crippen LogP contribution in [0.25, 0.3) is 11.1 Å². The molecule has 0 saturated heterocycles. The number of aryl methyl sites for hydroxylation is 1. The summed E-state index contributed by atoms with van der Waals surface area (Å²) in [7, 11) is -3.66. The van der Waals surface area contributed by atoms with E-state index in [1.807, 2.05) is 48.5 Å². The molecule has 0 aliphatic carbocycles. The van der Waals surface area contributed by atoms with E-state index in [0.717, 1.165) is 74.8 Å². The highest BCUT2D eigenvalue weighted by Gasteiger charge is 2.10. The van der Waals surface area contributed by atoms with Crippen molar-refractivity contribution in [1.82, 2.24) is 5.32 Å². The van der Waals surface area contributed by atoms with Crippen molar-refractivity contribution < 1.29 is 38.4 Å². The number of aliphatic hydroxyl groups excluding tert-OH is 2. The number of hydrogen-bond acceptors (Lipinski definition) is 8. The van der Waals surface area contributed by atoms with Gasteiger partial charge in [0.25, 0.3) is 0 Å². The number of benzene rings is 4. The molecule has 0 aliphatic heterocycles. The molecule has 49 heavy (non-hydrogen) atoms. The van der Waals surface area contributed by atoms with E-state index in [0.29, 0.717) is 29.8 Å². The number of nitrogens with one attached hydrogen (secondary N) is 1. The zero-order chi connectivity index (χ0) is 35.5. The smallest absolute Gasteiger partial charge is 0.335 e. The fourth-order valence-corrected chi connectivity index (χ4v) is 5.66. The molecule has 0 spiro atoms. The minimum absolute atomic E-state index is 0.0324. The second-order valence-electron chi connectivity index (χ2n) is 11.7. The van der Waals surface area contributed by atoms with Gasteiger partial charge in [-0.25, -0.2) is 18.4 Å². The van der Waals surface area contributed by atoms with E-state index in [-0.39, 0.29) is 17.3 Å². The number of carbonyl (C=O) groups is 1. The van der Waals surface area contributed by atoms with Gasteiger partial charge in [-0.2, -0.15) is 0 Å². The average molecular weight is 693 g/mol. The van der Waals surface area contributed by atoms with Crippen LogP contribution in [0.4, 0.5) is 0 Å². The van der Waals surface area contributed by atoms with Crippen LogP contribution in [0.15, 0.2) is 102 Å². The number of rotatable bonds is 19. The van der Waals surface area contributed by atoms with Crippen LogP contribution in [0, 0.1) is 0 Å². The third-order valence-corrected chi connectivity index (χ3v) is 8.77. The Morgan fingerprint density at radius 2 is 1.47 bits per heavy atom. The second kappa shape index (κ2) is 21.1. The van der Waals surface area contributed by atoms with Gasteiger partial charge < -0.3 is 30.5 Å². The van der Waals surface area contributed by atoms with Gasteiger partial charge in [0.1, 0.15) is 5.75 Å². The predicted octanol–water partition coefficient (Wildman–Crippen LogP) is 5.81. The molecule has 0 fully saturated rings. The number of hydrogen-bond donors (Lipinski definition) is 6. The molecular weight excluding hydrogens is 644 g/mol. The Kier molecular flexibility index (Phi) is 16.9. The Labute approximate surface area is 289 Å². The molecule has 0 radical (unpaired) electrons. The summed E-state index contributed by atoms with van der Waals surface area (Å²) in [5.74, 6) is -0.862. The highest BCUT2D eigenvalue weighted by atomic mass is 32.2. The van der Waals surface area contributed by atoms with Crippen LogP contribution in [0.5, 0.6) is 5.75 Å². The van der Waals surface area contributed by atoms with Gasteiger partial charge in [0, 0.05) is 25.3 Å². The lowest BCUT2D eigenvalue weighted by Crippen LogP contribution is -2.22. The summed E-state index contributed by atoms with van der Waals surface area (Å²) < 4.78 is 28.5. The standard InChI is InChI=1S/C25H38N2O6S.C13H10O2/c26-34(31,32)23-10-6-8-20(16-23)9-7-15-33-14-5-3-1-2-4-13-27-18-25(30)21-11-12-24(29)22(17-21)19-28;14-13(15)12-8-6-11(7-9-12)10-4-2-1-3-5-10/h6,8,10-12,16-17,25,27-30H,1-5,7,9,13-15,18-19H2,(H2,26,31,32);1-9H,(H,14,15)/t25-;/m0./s1. The first-order valence-electron chi connectivity index (χ1n) is 16.5. The number of sulfonamides is 1. The summed E-state index contributed by atoms with van der Waals surface area (Å²) in [6.07, 6.45) is 6.29. The van der Waals surface area contributed by atoms with Crippen molar-refractivity contribution >= 4 is 16.0 Å². The topological polar surface area (TPSA) is 179 Å². The molecule has 4 aromatic carbocycles. The first kappa shape index (κ1) is 39.3. The van der Waals surface area contributed by atoms with Crippen molar-refractivity contribution in [1.29, 1.82) is 0 Å². The van der Waals surface area contributed by atoms with Gasteiger partial charge in [-0.15, -0.1) is 0 Å². The molecule has 0 heterocycles. The van der Waals surface area contributed by atoms with Crippen molar-refractivity contribution in [3.8, 4) is 16.9 Å². The van der Waals surface area contributed by atoms with Crippen LogP contribution in [0.1, 0.15) is 71.7 Å². The monoisotopic (exact) mass is 692 g/mol. The molecule has 7 N–H and O–H groups in total. The Morgan fingerprint density at radius 1 is 0.796 bits per heavy atom. The Morgan fingerprint density at radius 3 is 2.16 bits per heavy atom. The van der Waals surface area contributed by atoms with E-state index >= 15 is 0 Å². The highest BCUT2D eigenvalue weighted by molar-refractivity contribution is 7.89. The van der Waals surface area contributed by atoms with Crippen LogP contribution in [0.3, 0.4) is 0 Å². The number of aromatic hydroxyl groups is 1. The molecule has 4 rings (SSSR count). The number of aliphatic hydroxyl groups is 2. The maximum atomic E-state index is 11.4. The number of unbranched alkanes of at least 4 members (excludes halogenated alkanes) is 4. The maximum absolute atomic E-state index is 11.4. The lowest BCUT2D eigenvalue weighted by Gasteiger charge is -2.14. The first-order chi connectivity index (χ1) is 23.6. The fourth-order valence-electron chi connectivity index (χ4n) is 5.07. The minimum atomic E-state index is -3.66. The van der Waals surface area contributed by atoms with Crippen molar-refractivity contribution in [2.45, 2.75) is 62.6 Å². The number of nitrogens with two attached hydrogens (primary N) is 1. The van der Waals surface area contributed by atoms with Gasteiger partial charge in [0.2, 0.25) is 10.0 Å². The number of primary sulfonamides is 1. The quantitative estimate of drug-likeness (QED) is 0.0662. The Balaban J connectivity index is 0.000000357. The number of carboxylic acid groups (broad SMARTS) is 1. The third kappa shape index (κ3) is 14.5. The van der Waals surface area contributed by atoms with Gasteiger partial charge in [0.15, 0.2) is 0 Å². The molecule has 11 heteroatoms. The normalized spacial score (nSPS) is 11.8. The molecule has 0 saturated carbocycles. The zero-order valence-corrected chi connectivity index (χ0v) is 28.5. The largest absolute Gasteiger partial charge is 0.508 e. The summed E-state index contributed by atoms with van der Waals surface area (Å²) in [4.78, 5) is 10.8. The highest BCUT2D eigenvalue weighted by Crippen LogP contribution is 2.22. The van der Waals surface area contributed by atoms with E-state index in [4.69, 9.17) is 15.0 Å². The zero-order valence-electron chi connectivity index (χ0n) is 27.7. The van der Waals surface area contributed by atoms with E-state index in [1.165, 1.54) is 12.1 Å². The van der Waals surface area contributed by atoms with Gasteiger partial charge >= 0.3 is 5.97 Å². The SMILES string of the molecule is NS(=O)(=O)c1cccc(CCCOCCCCCCCNC[C@H](O)c2ccc(O)c(CO)c2)c1.O=C(O)c1ccc(-c2ccccc2)cc1. The van der Waals surface area contributed by atoms with Gasteiger partial charge in [-0.1, -0.05) is 79.9 Å². The predicted molar refractivity (Wildman–Crippen MR) is 191 cm³/mol. The molecule has 0 aliphatic rings. The number of aromatic carboxylic acids is 1. The third-order valence-electron chi connectivity index (χ3n) is 7.86. The van der Waals surface area contributed by atoms with Gasteiger partial charge in [-0.3, -0.25) is 0 Å². The first-order valence-corrected chi connectivity index (χ1v) is 18.0. The van der Waals surface area contributed by atoms with Crippen LogP contribution in [-0.2, 0) is 27.8 Å². The van der Waals surface area contributed by atoms with Crippen LogP contribution < -0.4 is 10.5 Å². The summed E-state index contributed by atoms with van der Waals surface area (Å²) >= 11 is 0. The molecule has 1 atom stereocenters. The number of ether oxygens (including phenoxy) is 1. The molecule has 0 amide bonds. The van der Waals surface area contributed by atoms with Crippen molar-refractivity contribution in [2.24, 2.45) is 5.14 Å². The fraction of sp³-hybridized carbons (Fsp3) is 0.342. The Hall–Kier alpha value is -4.10. The summed E-state index contributed by atoms with van der Waals surface area (Å²) in [6.45, 7) is 2.36.